The number of β-amino-alcohol motifs (C(OH)–C–C–N with tert-alkyl or cyclic N) is 1. The number of fused-ring (bicyclic) bond motifs is 4. The van der Waals surface area contributed by atoms with Crippen LogP contribution in [-0.4, -0.2) is 93.3 Å². The smallest absolute Gasteiger partial charge is 0.246 e. The topological polar surface area (TPSA) is 201 Å². The van der Waals surface area contributed by atoms with E-state index in [1.807, 2.05) is 63.5 Å². The number of hydrogen-bond donors (Lipinski definition) is 5. The van der Waals surface area contributed by atoms with Crippen molar-refractivity contribution in [2.24, 2.45) is 5.41 Å². The Labute approximate surface area is 401 Å². The number of nitriles is 1. The van der Waals surface area contributed by atoms with Crippen molar-refractivity contribution in [3.05, 3.63) is 105 Å². The summed E-state index contributed by atoms with van der Waals surface area (Å²) in [6, 6.07) is 17.8. The summed E-state index contributed by atoms with van der Waals surface area (Å²) in [7, 11) is 0. The molecule has 15 heteroatoms. The van der Waals surface area contributed by atoms with Crippen molar-refractivity contribution in [1.82, 2.24) is 30.8 Å². The highest BCUT2D eigenvalue weighted by Gasteiger charge is 2.45. The first-order valence-corrected chi connectivity index (χ1v) is 24.6. The monoisotopic (exact) mass is 938 g/mol. The molecule has 3 aromatic carbocycles. The van der Waals surface area contributed by atoms with Gasteiger partial charge in [0.25, 0.3) is 0 Å². The van der Waals surface area contributed by atoms with Gasteiger partial charge in [0, 0.05) is 84.7 Å². The van der Waals surface area contributed by atoms with Crippen molar-refractivity contribution in [2.75, 3.05) is 24.5 Å². The lowest BCUT2D eigenvalue weighted by atomic mass is 9.70. The third-order valence-corrected chi connectivity index (χ3v) is 15.0. The number of carbonyl (C=O) groups excluding carboxylic acids is 5. The number of aromatic nitrogens is 2. The average Bonchev–Trinajstić information content (AvgIpc) is 4.05. The van der Waals surface area contributed by atoms with E-state index in [2.05, 4.69) is 69.8 Å². The van der Waals surface area contributed by atoms with Crippen LogP contribution in [0.25, 0.3) is 21.3 Å². The zero-order valence-corrected chi connectivity index (χ0v) is 40.9. The molecule has 5 N–H and O–H groups in total. The van der Waals surface area contributed by atoms with E-state index in [-0.39, 0.29) is 61.9 Å². The number of nitrogens with one attached hydrogen (secondary N) is 4. The van der Waals surface area contributed by atoms with Gasteiger partial charge < -0.3 is 35.8 Å². The van der Waals surface area contributed by atoms with Gasteiger partial charge in [0.05, 0.1) is 39.4 Å². The predicted molar refractivity (Wildman–Crippen MR) is 263 cm³/mol. The Balaban J connectivity index is 0.820. The molecule has 14 nitrogen and oxygen atoms in total. The lowest BCUT2D eigenvalue weighted by Crippen LogP contribution is -2.57. The standard InChI is InChI=1S/C53H62N8O6S/c1-8-33-23-38-39(53(6,7)48-45(46(38)65)37-17-14-32(26-54)22-40(37)58-48)25-41(33)60-20-18-35(19-21-60)57-43(63)10-9-11-44(64)59-49(52(3,4)5)51(67)61-28-36(62)24-42(61)50(66)55-27-31-12-15-34(16-13-31)47-30(2)56-29-68-47/h12-17,22-23,25,29,35-36,42,49,58,62H,8-11,18-21,24,27-28H2,1-7H3,(H,55,66)(H,57,63)(H,59,64)/t36-,42+,49-/m1/s1. The fourth-order valence-electron chi connectivity index (χ4n) is 10.1. The molecule has 4 amide bonds. The van der Waals surface area contributed by atoms with Gasteiger partial charge in [-0.2, -0.15) is 5.26 Å². The number of H-pyrrole nitrogens is 1. The molecule has 2 fully saturated rings. The maximum atomic E-state index is 14.1. The average molecular weight is 939 g/mol. The number of ketones is 1. The van der Waals surface area contributed by atoms with Crippen LogP contribution in [0.2, 0.25) is 0 Å². The molecule has 0 spiro atoms. The second-order valence-corrected chi connectivity index (χ2v) is 21.1. The molecule has 0 unspecified atom stereocenters. The van der Waals surface area contributed by atoms with Gasteiger partial charge in [-0.3, -0.25) is 24.0 Å². The summed E-state index contributed by atoms with van der Waals surface area (Å²) in [6.45, 7) is 15.5. The van der Waals surface area contributed by atoms with E-state index in [9.17, 15) is 34.3 Å². The van der Waals surface area contributed by atoms with Crippen molar-refractivity contribution in [3.8, 4) is 16.5 Å². The molecular formula is C53H62N8O6S. The number of thiazole rings is 1. The van der Waals surface area contributed by atoms with Gasteiger partial charge in [0.15, 0.2) is 5.78 Å². The quantitative estimate of drug-likeness (QED) is 0.0827. The number of nitrogens with zero attached hydrogens (tertiary/aromatic N) is 4. The molecule has 0 radical (unpaired) electrons. The van der Waals surface area contributed by atoms with Gasteiger partial charge >= 0.3 is 0 Å². The van der Waals surface area contributed by atoms with E-state index in [0.717, 1.165) is 87.5 Å². The summed E-state index contributed by atoms with van der Waals surface area (Å²) in [4.78, 5) is 80.9. The summed E-state index contributed by atoms with van der Waals surface area (Å²) in [5.74, 6) is -1.32. The Kier molecular flexibility index (Phi) is 13.7. The van der Waals surface area contributed by atoms with Gasteiger partial charge in [0.2, 0.25) is 23.6 Å². The fraction of sp³-hybridized carbons (Fsp3) is 0.453. The van der Waals surface area contributed by atoms with Gasteiger partial charge in [-0.05, 0) is 84.5 Å². The molecule has 356 valence electrons. The molecule has 1 aliphatic carbocycles. The lowest BCUT2D eigenvalue weighted by molar-refractivity contribution is -0.144. The van der Waals surface area contributed by atoms with Crippen molar-refractivity contribution >= 4 is 57.3 Å². The van der Waals surface area contributed by atoms with Crippen molar-refractivity contribution in [1.29, 1.82) is 5.26 Å². The minimum absolute atomic E-state index is 0.0111. The summed E-state index contributed by atoms with van der Waals surface area (Å²) in [5, 5.41) is 30.0. The summed E-state index contributed by atoms with van der Waals surface area (Å²) in [5.41, 5.74) is 10.2. The van der Waals surface area contributed by atoms with Crippen LogP contribution in [0, 0.1) is 23.7 Å². The Hall–Kier alpha value is -6.37. The van der Waals surface area contributed by atoms with E-state index in [1.165, 1.54) is 4.90 Å². The normalized spacial score (nSPS) is 18.4. The first-order chi connectivity index (χ1) is 32.4. The Bertz CT molecular complexity index is 2810. The second kappa shape index (κ2) is 19.3. The number of aromatic amines is 1. The van der Waals surface area contributed by atoms with Crippen LogP contribution in [0.4, 0.5) is 5.69 Å². The molecule has 8 rings (SSSR count). The highest BCUT2D eigenvalue weighted by atomic mass is 32.1. The summed E-state index contributed by atoms with van der Waals surface area (Å²) in [6.07, 6.45) is 1.92. The van der Waals surface area contributed by atoms with Crippen molar-refractivity contribution in [2.45, 2.75) is 130 Å². The Morgan fingerprint density at radius 1 is 1.03 bits per heavy atom. The molecule has 0 saturated carbocycles. The van der Waals surface area contributed by atoms with Crippen LogP contribution in [0.3, 0.4) is 0 Å². The van der Waals surface area contributed by atoms with Crippen LogP contribution in [0.1, 0.15) is 130 Å². The van der Waals surface area contributed by atoms with Crippen LogP contribution in [0.5, 0.6) is 0 Å². The zero-order chi connectivity index (χ0) is 48.7. The molecule has 3 atom stereocenters. The number of aliphatic hydroxyl groups excluding tert-OH is 1. The van der Waals surface area contributed by atoms with E-state index >= 15 is 0 Å². The molecule has 4 heterocycles. The minimum Gasteiger partial charge on any atom is -0.391 e. The zero-order valence-electron chi connectivity index (χ0n) is 40.0. The number of amides is 4. The molecule has 2 saturated heterocycles. The van der Waals surface area contributed by atoms with Gasteiger partial charge in [-0.1, -0.05) is 71.9 Å². The van der Waals surface area contributed by atoms with E-state index < -0.39 is 34.9 Å². The van der Waals surface area contributed by atoms with Crippen LogP contribution in [-0.2, 0) is 37.6 Å². The van der Waals surface area contributed by atoms with Crippen LogP contribution >= 0.6 is 11.3 Å². The van der Waals surface area contributed by atoms with Gasteiger partial charge in [-0.25, -0.2) is 4.98 Å². The fourth-order valence-corrected chi connectivity index (χ4v) is 11.0. The summed E-state index contributed by atoms with van der Waals surface area (Å²) < 4.78 is 0. The molecular weight excluding hydrogens is 877 g/mol. The molecule has 2 aromatic heterocycles. The predicted octanol–water partition coefficient (Wildman–Crippen LogP) is 6.97. The highest BCUT2D eigenvalue weighted by molar-refractivity contribution is 7.13. The maximum Gasteiger partial charge on any atom is 0.246 e. The third-order valence-electron chi connectivity index (χ3n) is 14.0. The Morgan fingerprint density at radius 2 is 1.75 bits per heavy atom. The number of benzene rings is 3. The second-order valence-electron chi connectivity index (χ2n) is 20.2. The molecule has 0 bridgehead atoms. The van der Waals surface area contributed by atoms with E-state index in [1.54, 1.807) is 23.5 Å². The molecule has 2 aliphatic heterocycles. The Morgan fingerprint density at radius 3 is 2.41 bits per heavy atom. The molecule has 5 aromatic rings. The lowest BCUT2D eigenvalue weighted by Gasteiger charge is -2.38. The number of hydrogen-bond acceptors (Lipinski definition) is 10. The van der Waals surface area contributed by atoms with E-state index in [0.29, 0.717) is 23.1 Å². The van der Waals surface area contributed by atoms with Gasteiger partial charge in [0.1, 0.15) is 12.1 Å². The highest BCUT2D eigenvalue weighted by Crippen LogP contribution is 2.46. The maximum absolute atomic E-state index is 14.1. The number of carbonyl (C=O) groups is 5. The largest absolute Gasteiger partial charge is 0.391 e. The minimum atomic E-state index is -0.961. The SMILES string of the molecule is CCc1cc2c(cc1N1CCC(NC(=O)CCCC(=O)N[C@H](C(=O)N3C[C@H](O)C[C@H]3C(=O)NCc3ccc(-c4scnc4C)cc3)C(C)(C)C)CC1)C(C)(C)c1[nH]c3cc(C#N)ccc3c1C2=O. The third kappa shape index (κ3) is 9.67. The van der Waals surface area contributed by atoms with Crippen LogP contribution in [0.15, 0.2) is 60.1 Å². The number of rotatable bonds is 13. The van der Waals surface area contributed by atoms with Gasteiger partial charge in [-0.15, -0.1) is 11.3 Å². The molecule has 68 heavy (non-hydrogen) atoms. The van der Waals surface area contributed by atoms with Crippen molar-refractivity contribution in [3.63, 3.8) is 0 Å². The van der Waals surface area contributed by atoms with Crippen molar-refractivity contribution < 1.29 is 29.1 Å². The number of aryl methyl sites for hydroxylation is 2. The number of anilines is 1. The van der Waals surface area contributed by atoms with Crippen LogP contribution < -0.4 is 20.9 Å². The van der Waals surface area contributed by atoms with E-state index in [4.69, 9.17) is 0 Å². The number of likely N-dealkylation sites (tertiary alicyclic amines) is 1. The number of aliphatic hydroxyl groups is 1. The summed E-state index contributed by atoms with van der Waals surface area (Å²) >= 11 is 1.57. The molecule has 3 aliphatic rings. The first kappa shape index (κ1) is 48.1. The number of piperidine rings is 1. The first-order valence-electron chi connectivity index (χ1n) is 23.8.